The summed E-state index contributed by atoms with van der Waals surface area (Å²) in [7, 11) is 0. The Bertz CT molecular complexity index is 579. The third kappa shape index (κ3) is 3.82. The molecule has 0 aliphatic rings. The molecular weight excluding hydrogens is 391 g/mol. The van der Waals surface area contributed by atoms with Crippen molar-refractivity contribution in [1.82, 2.24) is 0 Å². The Labute approximate surface area is 134 Å². The van der Waals surface area contributed by atoms with Crippen LogP contribution in [0.4, 0.5) is 0 Å². The van der Waals surface area contributed by atoms with Gasteiger partial charge in [0.05, 0.1) is 5.60 Å². The van der Waals surface area contributed by atoms with E-state index in [1.165, 1.54) is 0 Å². The Morgan fingerprint density at radius 3 is 2.21 bits per heavy atom. The van der Waals surface area contributed by atoms with Gasteiger partial charge in [-0.1, -0.05) is 61.7 Å². The molecule has 0 saturated heterocycles. The van der Waals surface area contributed by atoms with Crippen LogP contribution in [0, 0.1) is 0 Å². The summed E-state index contributed by atoms with van der Waals surface area (Å²) in [6.07, 6.45) is 0.473. The highest BCUT2D eigenvalue weighted by molar-refractivity contribution is 9.10. The van der Waals surface area contributed by atoms with Gasteiger partial charge in [-0.3, -0.25) is 0 Å². The van der Waals surface area contributed by atoms with Crippen LogP contribution in [-0.2, 0) is 12.0 Å². The number of hydrogen-bond acceptors (Lipinski definition) is 1. The van der Waals surface area contributed by atoms with Gasteiger partial charge in [0.15, 0.2) is 0 Å². The molecule has 0 saturated carbocycles. The molecule has 0 fully saturated rings. The summed E-state index contributed by atoms with van der Waals surface area (Å²) in [5, 5.41) is 11.3. The fourth-order valence-electron chi connectivity index (χ4n) is 1.95. The molecule has 100 valence electrons. The summed E-state index contributed by atoms with van der Waals surface area (Å²) >= 11 is 13.0. The van der Waals surface area contributed by atoms with E-state index in [9.17, 15) is 5.11 Å². The van der Waals surface area contributed by atoms with E-state index in [4.69, 9.17) is 11.6 Å². The van der Waals surface area contributed by atoms with Gasteiger partial charge in [-0.25, -0.2) is 0 Å². The third-order valence-corrected chi connectivity index (χ3v) is 4.39. The third-order valence-electron chi connectivity index (χ3n) is 3.02. The van der Waals surface area contributed by atoms with Crippen molar-refractivity contribution in [3.05, 3.63) is 67.6 Å². The van der Waals surface area contributed by atoms with Crippen LogP contribution in [0.1, 0.15) is 18.1 Å². The molecule has 2 aromatic carbocycles. The van der Waals surface area contributed by atoms with Crippen molar-refractivity contribution in [2.24, 2.45) is 0 Å². The maximum Gasteiger partial charge on any atom is 0.0909 e. The minimum atomic E-state index is -0.946. The van der Waals surface area contributed by atoms with Crippen molar-refractivity contribution in [3.63, 3.8) is 0 Å². The largest absolute Gasteiger partial charge is 0.385 e. The monoisotopic (exact) mass is 402 g/mol. The summed E-state index contributed by atoms with van der Waals surface area (Å²) in [6.45, 7) is 1.80. The topological polar surface area (TPSA) is 20.2 Å². The molecular formula is C15H13Br2ClO. The van der Waals surface area contributed by atoms with Gasteiger partial charge in [0.1, 0.15) is 0 Å². The summed E-state index contributed by atoms with van der Waals surface area (Å²) < 4.78 is 1.93. The Morgan fingerprint density at radius 1 is 1.05 bits per heavy atom. The average Bonchev–Trinajstić information content (AvgIpc) is 2.33. The second-order valence-electron chi connectivity index (χ2n) is 4.69. The lowest BCUT2D eigenvalue weighted by molar-refractivity contribution is 0.0576. The van der Waals surface area contributed by atoms with Crippen molar-refractivity contribution < 1.29 is 5.11 Å². The maximum absolute atomic E-state index is 10.6. The average molecular weight is 405 g/mol. The second-order valence-corrected chi connectivity index (χ2v) is 6.93. The number of aliphatic hydroxyl groups is 1. The van der Waals surface area contributed by atoms with E-state index in [0.29, 0.717) is 11.4 Å². The van der Waals surface area contributed by atoms with Crippen molar-refractivity contribution in [1.29, 1.82) is 0 Å². The van der Waals surface area contributed by atoms with Crippen LogP contribution >= 0.6 is 43.5 Å². The lowest BCUT2D eigenvalue weighted by Crippen LogP contribution is -2.24. The van der Waals surface area contributed by atoms with Crippen LogP contribution < -0.4 is 0 Å². The highest BCUT2D eigenvalue weighted by Crippen LogP contribution is 2.30. The molecule has 1 unspecified atom stereocenters. The molecule has 19 heavy (non-hydrogen) atoms. The number of hydrogen-bond donors (Lipinski definition) is 1. The van der Waals surface area contributed by atoms with Crippen molar-refractivity contribution in [2.45, 2.75) is 18.9 Å². The summed E-state index contributed by atoms with van der Waals surface area (Å²) in [4.78, 5) is 0. The number of rotatable bonds is 3. The number of benzene rings is 2. The predicted molar refractivity (Wildman–Crippen MR) is 86.6 cm³/mol. The first-order valence-electron chi connectivity index (χ1n) is 5.81. The van der Waals surface area contributed by atoms with E-state index < -0.39 is 5.60 Å². The van der Waals surface area contributed by atoms with E-state index in [-0.39, 0.29) is 0 Å². The summed E-state index contributed by atoms with van der Waals surface area (Å²) in [5.41, 5.74) is 0.852. The maximum atomic E-state index is 10.6. The molecule has 0 aliphatic carbocycles. The molecule has 0 amide bonds. The summed E-state index contributed by atoms with van der Waals surface area (Å²) in [6, 6.07) is 13.4. The molecule has 0 aromatic heterocycles. The fourth-order valence-corrected chi connectivity index (χ4v) is 2.95. The van der Waals surface area contributed by atoms with Gasteiger partial charge in [0.25, 0.3) is 0 Å². The van der Waals surface area contributed by atoms with Gasteiger partial charge in [0, 0.05) is 20.4 Å². The molecule has 4 heteroatoms. The normalized spacial score (nSPS) is 14.2. The van der Waals surface area contributed by atoms with Crippen LogP contribution in [-0.4, -0.2) is 5.11 Å². The Balaban J connectivity index is 2.27. The van der Waals surface area contributed by atoms with Gasteiger partial charge in [-0.05, 0) is 42.3 Å². The summed E-state index contributed by atoms with van der Waals surface area (Å²) in [5.74, 6) is 0. The smallest absolute Gasteiger partial charge is 0.0909 e. The fraction of sp³-hybridized carbons (Fsp3) is 0.200. The lowest BCUT2D eigenvalue weighted by Gasteiger charge is -2.24. The Morgan fingerprint density at radius 2 is 1.63 bits per heavy atom. The predicted octanol–water partition coefficient (Wildman–Crippen LogP) is 5.32. The Kier molecular flexibility index (Phi) is 4.72. The van der Waals surface area contributed by atoms with E-state index in [0.717, 1.165) is 20.1 Å². The van der Waals surface area contributed by atoms with E-state index in [1.54, 1.807) is 6.92 Å². The van der Waals surface area contributed by atoms with E-state index in [1.807, 2.05) is 42.5 Å². The zero-order valence-corrected chi connectivity index (χ0v) is 14.3. The highest BCUT2D eigenvalue weighted by atomic mass is 79.9. The molecule has 1 nitrogen and oxygen atoms in total. The van der Waals surface area contributed by atoms with Gasteiger partial charge in [0.2, 0.25) is 0 Å². The molecule has 2 aromatic rings. The van der Waals surface area contributed by atoms with Crippen molar-refractivity contribution in [3.8, 4) is 0 Å². The first kappa shape index (κ1) is 15.0. The Hall–Kier alpha value is -0.350. The van der Waals surface area contributed by atoms with Gasteiger partial charge in [-0.2, -0.15) is 0 Å². The van der Waals surface area contributed by atoms with Gasteiger partial charge >= 0.3 is 0 Å². The van der Waals surface area contributed by atoms with E-state index >= 15 is 0 Å². The highest BCUT2D eigenvalue weighted by Gasteiger charge is 2.24. The molecule has 0 heterocycles. The lowest BCUT2D eigenvalue weighted by atomic mass is 9.89. The van der Waals surface area contributed by atoms with Gasteiger partial charge < -0.3 is 5.11 Å². The molecule has 0 bridgehead atoms. The molecule has 1 atom stereocenters. The van der Waals surface area contributed by atoms with Crippen LogP contribution in [0.25, 0.3) is 0 Å². The molecule has 1 N–H and O–H groups in total. The zero-order chi connectivity index (χ0) is 14.0. The van der Waals surface area contributed by atoms with E-state index in [2.05, 4.69) is 31.9 Å². The SMILES string of the molecule is CC(O)(Cc1ccc(Br)cc1Cl)c1ccc(Br)cc1. The van der Waals surface area contributed by atoms with Crippen molar-refractivity contribution in [2.75, 3.05) is 0 Å². The molecule has 2 rings (SSSR count). The van der Waals surface area contributed by atoms with Crippen LogP contribution in [0.5, 0.6) is 0 Å². The van der Waals surface area contributed by atoms with Crippen molar-refractivity contribution >= 4 is 43.5 Å². The standard InChI is InChI=1S/C15H13Br2ClO/c1-15(19,11-3-6-12(16)7-4-11)9-10-2-5-13(17)8-14(10)18/h2-8,19H,9H2,1H3. The molecule has 0 aliphatic heterocycles. The number of halogens is 3. The van der Waals surface area contributed by atoms with Crippen LogP contribution in [0.3, 0.4) is 0 Å². The quantitative estimate of drug-likeness (QED) is 0.735. The second kappa shape index (κ2) is 5.96. The minimum Gasteiger partial charge on any atom is -0.385 e. The minimum absolute atomic E-state index is 0.473. The first-order valence-corrected chi connectivity index (χ1v) is 7.77. The van der Waals surface area contributed by atoms with Crippen LogP contribution in [0.15, 0.2) is 51.4 Å². The molecule has 0 spiro atoms. The van der Waals surface area contributed by atoms with Crippen LogP contribution in [0.2, 0.25) is 5.02 Å². The first-order chi connectivity index (χ1) is 8.88. The molecule has 0 radical (unpaired) electrons. The van der Waals surface area contributed by atoms with Gasteiger partial charge in [-0.15, -0.1) is 0 Å². The zero-order valence-electron chi connectivity index (χ0n) is 10.3.